The molecule has 0 unspecified atom stereocenters. The van der Waals surface area contributed by atoms with E-state index >= 15 is 0 Å². The molecule has 10 nitrogen and oxygen atoms in total. The van der Waals surface area contributed by atoms with Gasteiger partial charge < -0.3 is 31.1 Å². The fourth-order valence-electron chi connectivity index (χ4n) is 3.61. The van der Waals surface area contributed by atoms with Crippen LogP contribution in [0.2, 0.25) is 0 Å². The number of aliphatic hydroxyl groups excluding tert-OH is 3. The maximum absolute atomic E-state index is 10.3. The molecule has 1 saturated heterocycles. The molecular formula is C20H26N6O4. The summed E-state index contributed by atoms with van der Waals surface area (Å²) in [6.07, 6.45) is 0.130. The molecule has 0 radical (unpaired) electrons. The van der Waals surface area contributed by atoms with E-state index in [9.17, 15) is 15.3 Å². The van der Waals surface area contributed by atoms with E-state index in [2.05, 4.69) is 32.4 Å². The monoisotopic (exact) mass is 414 g/mol. The Balaban J connectivity index is 1.43. The number of aryl methyl sites for hydroxylation is 1. The van der Waals surface area contributed by atoms with E-state index in [1.54, 1.807) is 0 Å². The number of nitrogens with two attached hydrogens (primary N) is 1. The van der Waals surface area contributed by atoms with Crippen molar-refractivity contribution in [1.82, 2.24) is 19.5 Å². The number of unbranched alkanes of at least 4 members (excludes halogenated alkanes) is 1. The molecule has 30 heavy (non-hydrogen) atoms. The maximum atomic E-state index is 10.3. The lowest BCUT2D eigenvalue weighted by molar-refractivity contribution is -0.0511. The van der Waals surface area contributed by atoms with E-state index in [1.165, 1.54) is 16.5 Å². The molecule has 0 saturated carbocycles. The van der Waals surface area contributed by atoms with Crippen molar-refractivity contribution in [3.05, 3.63) is 42.2 Å². The smallest absolute Gasteiger partial charge is 0.226 e. The fourth-order valence-corrected chi connectivity index (χ4v) is 3.61. The van der Waals surface area contributed by atoms with Crippen LogP contribution in [-0.2, 0) is 11.2 Å². The maximum Gasteiger partial charge on any atom is 0.226 e. The van der Waals surface area contributed by atoms with E-state index in [4.69, 9.17) is 10.5 Å². The van der Waals surface area contributed by atoms with Crippen molar-refractivity contribution in [3.8, 4) is 0 Å². The molecule has 1 fully saturated rings. The number of hydrogen-bond donors (Lipinski definition) is 5. The van der Waals surface area contributed by atoms with Gasteiger partial charge in [-0.1, -0.05) is 30.3 Å². The zero-order chi connectivity index (χ0) is 21.1. The average Bonchev–Trinajstić information content (AvgIpc) is 3.30. The second-order valence-corrected chi connectivity index (χ2v) is 7.35. The molecule has 3 heterocycles. The van der Waals surface area contributed by atoms with Gasteiger partial charge in [-0.3, -0.25) is 4.57 Å². The number of benzene rings is 1. The first-order valence-electron chi connectivity index (χ1n) is 9.98. The molecule has 160 valence electrons. The number of imidazole rings is 1. The van der Waals surface area contributed by atoms with Gasteiger partial charge in [0, 0.05) is 6.54 Å². The molecule has 3 aromatic rings. The highest BCUT2D eigenvalue weighted by Gasteiger charge is 2.44. The second kappa shape index (κ2) is 8.92. The lowest BCUT2D eigenvalue weighted by Gasteiger charge is -2.16. The van der Waals surface area contributed by atoms with Crippen LogP contribution in [0.5, 0.6) is 0 Å². The number of ether oxygens (including phenoxy) is 1. The Morgan fingerprint density at radius 2 is 1.90 bits per heavy atom. The van der Waals surface area contributed by atoms with Crippen LogP contribution in [0.15, 0.2) is 36.7 Å². The predicted octanol–water partition coefficient (Wildman–Crippen LogP) is 0.455. The van der Waals surface area contributed by atoms with Crippen molar-refractivity contribution in [1.29, 1.82) is 0 Å². The molecule has 1 aliphatic rings. The van der Waals surface area contributed by atoms with Crippen LogP contribution in [0.4, 0.5) is 11.8 Å². The summed E-state index contributed by atoms with van der Waals surface area (Å²) in [5.74, 6) is 0.561. The van der Waals surface area contributed by atoms with Crippen molar-refractivity contribution in [3.63, 3.8) is 0 Å². The van der Waals surface area contributed by atoms with Crippen LogP contribution in [-0.4, -0.2) is 66.3 Å². The van der Waals surface area contributed by atoms with Gasteiger partial charge in [-0.2, -0.15) is 9.97 Å². The molecule has 1 aliphatic heterocycles. The lowest BCUT2D eigenvalue weighted by Crippen LogP contribution is -2.33. The molecule has 1 aromatic carbocycles. The minimum absolute atomic E-state index is 0.206. The van der Waals surface area contributed by atoms with Crippen LogP contribution in [0, 0.1) is 0 Å². The zero-order valence-electron chi connectivity index (χ0n) is 16.4. The van der Waals surface area contributed by atoms with Crippen LogP contribution >= 0.6 is 0 Å². The SMILES string of the molecule is Nc1nc(NCCCCc2ccccc2)nc2c1ncn2[C@@H]1O[C@H](CO)[C@@H](O)[C@H]1O. The number of aromatic nitrogens is 4. The van der Waals surface area contributed by atoms with E-state index in [0.29, 0.717) is 23.7 Å². The summed E-state index contributed by atoms with van der Waals surface area (Å²) in [5, 5.41) is 32.8. The standard InChI is InChI=1S/C20H26N6O4/c21-17-14-18(26(11-23-14)19-16(29)15(28)13(10-27)30-19)25-20(24-17)22-9-5-4-8-12-6-2-1-3-7-12/h1-3,6-7,11,13,15-16,19,27-29H,4-5,8-10H2,(H3,21,22,24,25)/t13-,15-,16-,19-/m1/s1. The third-order valence-electron chi connectivity index (χ3n) is 5.26. The molecule has 4 rings (SSSR count). The molecule has 0 bridgehead atoms. The number of hydrogen-bond acceptors (Lipinski definition) is 9. The highest BCUT2D eigenvalue weighted by molar-refractivity contribution is 5.83. The summed E-state index contributed by atoms with van der Waals surface area (Å²) in [6.45, 7) is 0.272. The molecule has 2 aromatic heterocycles. The average molecular weight is 414 g/mol. The number of anilines is 2. The number of nitrogens with one attached hydrogen (secondary N) is 1. The molecule has 0 aliphatic carbocycles. The lowest BCUT2D eigenvalue weighted by atomic mass is 10.1. The van der Waals surface area contributed by atoms with Crippen molar-refractivity contribution in [2.45, 2.75) is 43.8 Å². The summed E-state index contributed by atoms with van der Waals surface area (Å²) in [4.78, 5) is 12.9. The van der Waals surface area contributed by atoms with Gasteiger partial charge in [-0.25, -0.2) is 4.98 Å². The fraction of sp³-hybridized carbons (Fsp3) is 0.450. The van der Waals surface area contributed by atoms with Crippen LogP contribution in [0.25, 0.3) is 11.2 Å². The third kappa shape index (κ3) is 4.08. The molecule has 0 spiro atoms. The zero-order valence-corrected chi connectivity index (χ0v) is 16.4. The molecule has 4 atom stereocenters. The highest BCUT2D eigenvalue weighted by Crippen LogP contribution is 2.32. The van der Waals surface area contributed by atoms with E-state index in [1.807, 2.05) is 18.2 Å². The van der Waals surface area contributed by atoms with Gasteiger partial charge in [-0.05, 0) is 24.8 Å². The molecular weight excluding hydrogens is 388 g/mol. The number of rotatable bonds is 8. The highest BCUT2D eigenvalue weighted by atomic mass is 16.6. The van der Waals surface area contributed by atoms with E-state index in [0.717, 1.165) is 19.3 Å². The van der Waals surface area contributed by atoms with Crippen LogP contribution in [0.3, 0.4) is 0 Å². The first-order chi connectivity index (χ1) is 14.6. The minimum atomic E-state index is -1.23. The van der Waals surface area contributed by atoms with Gasteiger partial charge in [0.25, 0.3) is 0 Å². The Labute approximate surface area is 173 Å². The molecule has 10 heteroatoms. The normalized spacial score (nSPS) is 23.8. The summed E-state index contributed by atoms with van der Waals surface area (Å²) >= 11 is 0. The Morgan fingerprint density at radius 3 is 2.63 bits per heavy atom. The summed E-state index contributed by atoms with van der Waals surface area (Å²) in [7, 11) is 0. The Kier molecular flexibility index (Phi) is 6.09. The summed E-state index contributed by atoms with van der Waals surface area (Å²) in [5.41, 5.74) is 8.09. The number of aliphatic hydroxyl groups is 3. The van der Waals surface area contributed by atoms with E-state index in [-0.39, 0.29) is 5.82 Å². The number of nitrogen functional groups attached to an aromatic ring is 1. The quantitative estimate of drug-likeness (QED) is 0.331. The number of fused-ring (bicyclic) bond motifs is 1. The predicted molar refractivity (Wildman–Crippen MR) is 111 cm³/mol. The van der Waals surface area contributed by atoms with Crippen molar-refractivity contribution in [2.24, 2.45) is 0 Å². The van der Waals surface area contributed by atoms with Crippen molar-refractivity contribution >= 4 is 22.9 Å². The minimum Gasteiger partial charge on any atom is -0.394 e. The summed E-state index contributed by atoms with van der Waals surface area (Å²) in [6, 6.07) is 10.3. The third-order valence-corrected chi connectivity index (χ3v) is 5.26. The van der Waals surface area contributed by atoms with Gasteiger partial charge in [0.05, 0.1) is 12.9 Å². The van der Waals surface area contributed by atoms with Crippen molar-refractivity contribution < 1.29 is 20.1 Å². The van der Waals surface area contributed by atoms with Gasteiger partial charge in [0.1, 0.15) is 23.8 Å². The summed E-state index contributed by atoms with van der Waals surface area (Å²) < 4.78 is 7.07. The Morgan fingerprint density at radius 1 is 1.10 bits per heavy atom. The Hall–Kier alpha value is -2.79. The molecule has 0 amide bonds. The van der Waals surface area contributed by atoms with Gasteiger partial charge in [-0.15, -0.1) is 0 Å². The van der Waals surface area contributed by atoms with Gasteiger partial charge in [0.15, 0.2) is 17.7 Å². The van der Waals surface area contributed by atoms with Gasteiger partial charge in [0.2, 0.25) is 5.95 Å². The topological polar surface area (TPSA) is 152 Å². The number of nitrogens with zero attached hydrogens (tertiary/aromatic N) is 4. The first kappa shape index (κ1) is 20.5. The molecule has 6 N–H and O–H groups in total. The second-order valence-electron chi connectivity index (χ2n) is 7.35. The van der Waals surface area contributed by atoms with Crippen LogP contribution in [0.1, 0.15) is 24.6 Å². The van der Waals surface area contributed by atoms with Gasteiger partial charge >= 0.3 is 0 Å². The largest absolute Gasteiger partial charge is 0.394 e. The van der Waals surface area contributed by atoms with Crippen molar-refractivity contribution in [2.75, 3.05) is 24.2 Å². The Bertz CT molecular complexity index is 982. The van der Waals surface area contributed by atoms with E-state index < -0.39 is 31.1 Å². The van der Waals surface area contributed by atoms with Crippen LogP contribution < -0.4 is 11.1 Å². The first-order valence-corrected chi connectivity index (χ1v) is 9.98.